The number of rotatable bonds is 22. The first-order chi connectivity index (χ1) is 22.3. The summed E-state index contributed by atoms with van der Waals surface area (Å²) in [5.41, 5.74) is 4.70. The van der Waals surface area contributed by atoms with Crippen LogP contribution in [0.25, 0.3) is 0 Å². The van der Waals surface area contributed by atoms with Crippen molar-refractivity contribution in [3.05, 3.63) is 72.9 Å². The lowest BCUT2D eigenvalue weighted by Crippen LogP contribution is -2.65. The number of Topliss-reactive ketones (excluding diaryl/α,β-unsaturated/α-hetero) is 1. The Labute approximate surface area is 277 Å². The molecule has 1 saturated heterocycles. The normalized spacial score (nSPS) is 22.3. The standard InChI is InChI=1S/C38H58N4O4/c1-4-5-6-7-8-9-10-11-12-13-14-15-16-17-18-19-20-21-22-26-33(43)40-27-28-41-36(45)35(44)34(30(2)3)38(37(39)46)32-25-23-24-31(32)29-42-38/h5-6,8-9,11-12,14-15,17-18,20-21,30-32,34,42H,4,7,10,13,16,19,22-29H2,1-3H3,(H2,39,46)(H,40,43)(H,41,45)/b6-5-,9-8-,12-11-,15-14-,18-17-,21-20-/t31?,32?,34-,38?/m1/s1. The number of nitrogens with two attached hydrogens (primary N) is 1. The van der Waals surface area contributed by atoms with Crippen molar-refractivity contribution >= 4 is 23.5 Å². The average molecular weight is 635 g/mol. The molecule has 2 aliphatic rings. The average Bonchev–Trinajstić information content (AvgIpc) is 3.64. The monoisotopic (exact) mass is 634 g/mol. The van der Waals surface area contributed by atoms with Crippen LogP contribution in [0, 0.1) is 23.7 Å². The van der Waals surface area contributed by atoms with Gasteiger partial charge in [0.2, 0.25) is 17.6 Å². The molecule has 3 unspecified atom stereocenters. The summed E-state index contributed by atoms with van der Waals surface area (Å²) >= 11 is 0. The summed E-state index contributed by atoms with van der Waals surface area (Å²) in [7, 11) is 0. The van der Waals surface area contributed by atoms with Crippen molar-refractivity contribution in [1.29, 1.82) is 0 Å². The van der Waals surface area contributed by atoms with Crippen molar-refractivity contribution < 1.29 is 19.2 Å². The third-order valence-corrected chi connectivity index (χ3v) is 8.84. The molecule has 0 aromatic carbocycles. The minimum Gasteiger partial charge on any atom is -0.368 e. The first kappa shape index (κ1) is 38.7. The lowest BCUT2D eigenvalue weighted by atomic mass is 9.66. The molecule has 0 radical (unpaired) electrons. The molecule has 2 rings (SSSR count). The van der Waals surface area contributed by atoms with Crippen molar-refractivity contribution in [1.82, 2.24) is 16.0 Å². The van der Waals surface area contributed by atoms with E-state index in [4.69, 9.17) is 5.73 Å². The van der Waals surface area contributed by atoms with E-state index in [1.165, 1.54) is 0 Å². The van der Waals surface area contributed by atoms with Gasteiger partial charge < -0.3 is 21.7 Å². The lowest BCUT2D eigenvalue weighted by Gasteiger charge is -2.40. The Bertz CT molecular complexity index is 1150. The molecule has 3 amide bonds. The number of primary amides is 1. The van der Waals surface area contributed by atoms with Crippen LogP contribution in [0.5, 0.6) is 0 Å². The molecular formula is C38H58N4O4. The maximum absolute atomic E-state index is 13.3. The molecule has 5 N–H and O–H groups in total. The fraction of sp³-hybridized carbons (Fsp3) is 0.579. The highest BCUT2D eigenvalue weighted by atomic mass is 16.2. The number of allylic oxidation sites excluding steroid dienone is 12. The second-order valence-electron chi connectivity index (χ2n) is 12.6. The van der Waals surface area contributed by atoms with Crippen molar-refractivity contribution in [3.8, 4) is 0 Å². The Morgan fingerprint density at radius 1 is 0.783 bits per heavy atom. The fourth-order valence-corrected chi connectivity index (χ4v) is 6.66. The smallest absolute Gasteiger partial charge is 0.287 e. The Balaban J connectivity index is 1.58. The summed E-state index contributed by atoms with van der Waals surface area (Å²) in [5.74, 6) is -2.86. The molecule has 1 heterocycles. The molecule has 0 aromatic rings. The molecule has 254 valence electrons. The van der Waals surface area contributed by atoms with Crippen molar-refractivity contribution in [2.24, 2.45) is 29.4 Å². The molecule has 8 nitrogen and oxygen atoms in total. The van der Waals surface area contributed by atoms with E-state index in [1.807, 2.05) is 26.0 Å². The van der Waals surface area contributed by atoms with Crippen LogP contribution in [-0.4, -0.2) is 48.7 Å². The predicted molar refractivity (Wildman–Crippen MR) is 188 cm³/mol. The molecular weight excluding hydrogens is 576 g/mol. The van der Waals surface area contributed by atoms with Crippen molar-refractivity contribution in [3.63, 3.8) is 0 Å². The molecule has 1 aliphatic heterocycles. The van der Waals surface area contributed by atoms with Crippen molar-refractivity contribution in [2.75, 3.05) is 19.6 Å². The van der Waals surface area contributed by atoms with E-state index in [-0.39, 0.29) is 30.8 Å². The van der Waals surface area contributed by atoms with Gasteiger partial charge in [-0.2, -0.15) is 0 Å². The molecule has 46 heavy (non-hydrogen) atoms. The molecule has 1 saturated carbocycles. The van der Waals surface area contributed by atoms with Gasteiger partial charge in [-0.15, -0.1) is 0 Å². The number of ketones is 1. The number of carbonyl (C=O) groups excluding carboxylic acids is 4. The molecule has 0 aromatic heterocycles. The van der Waals surface area contributed by atoms with Gasteiger partial charge in [0.05, 0.1) is 5.92 Å². The van der Waals surface area contributed by atoms with Crippen LogP contribution in [0.15, 0.2) is 72.9 Å². The van der Waals surface area contributed by atoms with E-state index in [0.717, 1.165) is 57.8 Å². The van der Waals surface area contributed by atoms with Crippen LogP contribution in [0.2, 0.25) is 0 Å². The maximum Gasteiger partial charge on any atom is 0.287 e. The zero-order valence-corrected chi connectivity index (χ0v) is 28.3. The zero-order chi connectivity index (χ0) is 33.6. The van der Waals surface area contributed by atoms with Crippen LogP contribution in [0.1, 0.15) is 91.4 Å². The number of hydrogen-bond acceptors (Lipinski definition) is 5. The Morgan fingerprint density at radius 3 is 1.83 bits per heavy atom. The van der Waals surface area contributed by atoms with E-state index in [2.05, 4.69) is 83.6 Å². The van der Waals surface area contributed by atoms with E-state index in [1.54, 1.807) is 0 Å². The second-order valence-corrected chi connectivity index (χ2v) is 12.6. The summed E-state index contributed by atoms with van der Waals surface area (Å²) in [6, 6.07) is 0. The predicted octanol–water partition coefficient (Wildman–Crippen LogP) is 5.78. The second kappa shape index (κ2) is 22.1. The van der Waals surface area contributed by atoms with Gasteiger partial charge in [-0.25, -0.2) is 0 Å². The largest absolute Gasteiger partial charge is 0.368 e. The number of nitrogens with one attached hydrogen (secondary N) is 3. The Hall–Kier alpha value is -3.52. The third kappa shape index (κ3) is 12.7. The molecule has 1 aliphatic carbocycles. The van der Waals surface area contributed by atoms with E-state index in [9.17, 15) is 19.2 Å². The summed E-state index contributed by atoms with van der Waals surface area (Å²) in [5, 5.41) is 8.69. The van der Waals surface area contributed by atoms with Gasteiger partial charge >= 0.3 is 0 Å². The summed E-state index contributed by atoms with van der Waals surface area (Å²) in [4.78, 5) is 51.1. The first-order valence-electron chi connectivity index (χ1n) is 17.3. The summed E-state index contributed by atoms with van der Waals surface area (Å²) in [6.45, 7) is 6.83. The summed E-state index contributed by atoms with van der Waals surface area (Å²) < 4.78 is 0. The topological polar surface area (TPSA) is 130 Å². The highest BCUT2D eigenvalue weighted by molar-refractivity contribution is 6.37. The van der Waals surface area contributed by atoms with Gasteiger partial charge in [0, 0.05) is 19.5 Å². The van der Waals surface area contributed by atoms with E-state index >= 15 is 0 Å². The minimum absolute atomic E-state index is 0.0328. The lowest BCUT2D eigenvalue weighted by molar-refractivity contribution is -0.146. The van der Waals surface area contributed by atoms with E-state index in [0.29, 0.717) is 25.3 Å². The SMILES string of the molecule is CC/C=C\C/C=C\C/C=C\C/C=C\C/C=C\C/C=C\CCC(=O)NCCNC(=O)C(=O)[C@@H](C(C)C)C1(C(N)=O)NCC2CCCC21. The van der Waals surface area contributed by atoms with Gasteiger partial charge in [-0.1, -0.05) is 100 Å². The molecule has 4 atom stereocenters. The van der Waals surface area contributed by atoms with Crippen LogP contribution in [0.3, 0.4) is 0 Å². The van der Waals surface area contributed by atoms with Crippen LogP contribution in [-0.2, 0) is 19.2 Å². The van der Waals surface area contributed by atoms with E-state index < -0.39 is 29.1 Å². The molecule has 0 bridgehead atoms. The highest BCUT2D eigenvalue weighted by Gasteiger charge is 2.61. The quantitative estimate of drug-likeness (QED) is 0.0681. The Kier molecular flexibility index (Phi) is 18.6. The highest BCUT2D eigenvalue weighted by Crippen LogP contribution is 2.48. The Morgan fingerprint density at radius 2 is 1.30 bits per heavy atom. The van der Waals surface area contributed by atoms with Crippen molar-refractivity contribution in [2.45, 2.75) is 96.9 Å². The van der Waals surface area contributed by atoms with Gasteiger partial charge in [0.1, 0.15) is 5.54 Å². The number of hydrogen-bond donors (Lipinski definition) is 4. The van der Waals surface area contributed by atoms with Crippen LogP contribution in [0.4, 0.5) is 0 Å². The molecule has 2 fully saturated rings. The maximum atomic E-state index is 13.3. The van der Waals surface area contributed by atoms with Gasteiger partial charge in [0.25, 0.3) is 5.91 Å². The van der Waals surface area contributed by atoms with Crippen LogP contribution >= 0.6 is 0 Å². The van der Waals surface area contributed by atoms with Gasteiger partial charge in [-0.3, -0.25) is 19.2 Å². The third-order valence-electron chi connectivity index (χ3n) is 8.84. The van der Waals surface area contributed by atoms with Gasteiger partial charge in [-0.05, 0) is 82.1 Å². The number of carbonyl (C=O) groups is 4. The van der Waals surface area contributed by atoms with Gasteiger partial charge in [0.15, 0.2) is 0 Å². The molecule has 0 spiro atoms. The molecule has 8 heteroatoms. The minimum atomic E-state index is -1.20. The number of fused-ring (bicyclic) bond motifs is 1. The summed E-state index contributed by atoms with van der Waals surface area (Å²) in [6.07, 6.45) is 35.3. The zero-order valence-electron chi connectivity index (χ0n) is 28.3. The van der Waals surface area contributed by atoms with Crippen LogP contribution < -0.4 is 21.7 Å². The number of amides is 3. The fourth-order valence-electron chi connectivity index (χ4n) is 6.66. The first-order valence-corrected chi connectivity index (χ1v) is 17.3.